The predicted octanol–water partition coefficient (Wildman–Crippen LogP) is 3.78. The van der Waals surface area contributed by atoms with Crippen molar-refractivity contribution in [2.75, 3.05) is 13.7 Å². The Bertz CT molecular complexity index is 1220. The van der Waals surface area contributed by atoms with Gasteiger partial charge in [-0.3, -0.25) is 0 Å². The van der Waals surface area contributed by atoms with Crippen molar-refractivity contribution in [3.8, 4) is 0 Å². The minimum atomic E-state index is -1.28. The topological polar surface area (TPSA) is 127 Å². The second-order valence-electron chi connectivity index (χ2n) is 18.4. The van der Waals surface area contributed by atoms with E-state index in [1.165, 1.54) is 12.8 Å². The third-order valence-electron chi connectivity index (χ3n) is 16.4. The Balaban J connectivity index is 1.10. The number of fused-ring (bicyclic) bond motifs is 4. The zero-order valence-electron chi connectivity index (χ0n) is 28.6. The van der Waals surface area contributed by atoms with E-state index in [1.807, 2.05) is 0 Å². The molecule has 3 saturated heterocycles. The SMILES string of the molecule is COC(C)(C)[C@H]1O[C@@]23O[C@@H]1C[C@@H](C)[C@@H]2[C@@]1(C)CC[C@@]24C[C@@]25CC[C@H](O[C@@H]2OC[C@@H](O)[C@H](O)[C@H]2O)C(C)(C)C5CC[C@H]4[C@]1(C)[C@H]3O. The number of hydrogen-bond donors (Lipinski definition) is 4. The summed E-state index contributed by atoms with van der Waals surface area (Å²) in [4.78, 5) is 0. The molecule has 8 rings (SSSR count). The molecule has 0 amide bonds. The van der Waals surface area contributed by atoms with Crippen LogP contribution in [-0.4, -0.2) is 94.5 Å². The highest BCUT2D eigenvalue weighted by Crippen LogP contribution is 2.90. The first kappa shape index (κ1) is 31.9. The minimum absolute atomic E-state index is 0.0487. The first-order chi connectivity index (χ1) is 21.0. The predicted molar refractivity (Wildman–Crippen MR) is 164 cm³/mol. The van der Waals surface area contributed by atoms with Crippen LogP contribution in [0.1, 0.15) is 99.8 Å². The smallest absolute Gasteiger partial charge is 0.199 e. The maximum atomic E-state index is 12.8. The van der Waals surface area contributed by atoms with Gasteiger partial charge in [0.05, 0.1) is 24.4 Å². The lowest BCUT2D eigenvalue weighted by Gasteiger charge is -2.63. The lowest BCUT2D eigenvalue weighted by atomic mass is 9.41. The quantitative estimate of drug-likeness (QED) is 0.342. The number of aliphatic hydroxyl groups excluding tert-OH is 4. The molecule has 9 heteroatoms. The van der Waals surface area contributed by atoms with Gasteiger partial charge in [-0.05, 0) is 105 Å². The van der Waals surface area contributed by atoms with Gasteiger partial charge in [-0.15, -0.1) is 0 Å². The maximum Gasteiger partial charge on any atom is 0.199 e. The number of hydrogen-bond acceptors (Lipinski definition) is 9. The Morgan fingerprint density at radius 2 is 1.53 bits per heavy atom. The fourth-order valence-electron chi connectivity index (χ4n) is 14.1. The van der Waals surface area contributed by atoms with E-state index in [1.54, 1.807) is 7.11 Å². The molecule has 3 aliphatic heterocycles. The summed E-state index contributed by atoms with van der Waals surface area (Å²) in [5, 5.41) is 43.6. The van der Waals surface area contributed by atoms with Gasteiger partial charge in [0.1, 0.15) is 30.5 Å². The monoisotopic (exact) mass is 634 g/mol. The molecule has 45 heavy (non-hydrogen) atoms. The molecule has 8 fully saturated rings. The molecule has 9 nitrogen and oxygen atoms in total. The Morgan fingerprint density at radius 1 is 0.844 bits per heavy atom. The molecule has 3 spiro atoms. The zero-order chi connectivity index (χ0) is 32.3. The largest absolute Gasteiger partial charge is 0.388 e. The second-order valence-corrected chi connectivity index (χ2v) is 18.4. The molecular weight excluding hydrogens is 576 g/mol. The van der Waals surface area contributed by atoms with E-state index in [-0.39, 0.29) is 57.9 Å². The lowest BCUT2D eigenvalue weighted by molar-refractivity contribution is -0.303. The average Bonchev–Trinajstić information content (AvgIpc) is 3.50. The van der Waals surface area contributed by atoms with Crippen molar-refractivity contribution in [2.45, 2.75) is 160 Å². The molecule has 2 bridgehead atoms. The van der Waals surface area contributed by atoms with Gasteiger partial charge in [-0.2, -0.15) is 0 Å². The van der Waals surface area contributed by atoms with Gasteiger partial charge in [0.2, 0.25) is 0 Å². The van der Waals surface area contributed by atoms with Gasteiger partial charge in [0.25, 0.3) is 0 Å². The van der Waals surface area contributed by atoms with E-state index in [9.17, 15) is 20.4 Å². The average molecular weight is 635 g/mol. The summed E-state index contributed by atoms with van der Waals surface area (Å²) >= 11 is 0. The summed E-state index contributed by atoms with van der Waals surface area (Å²) in [5.74, 6) is 0.346. The van der Waals surface area contributed by atoms with Crippen LogP contribution in [0.4, 0.5) is 0 Å². The number of ether oxygens (including phenoxy) is 5. The van der Waals surface area contributed by atoms with Gasteiger partial charge in [-0.25, -0.2) is 0 Å². The molecule has 0 aromatic rings. The maximum absolute atomic E-state index is 12.8. The number of aliphatic hydroxyl groups is 4. The van der Waals surface area contributed by atoms with E-state index in [2.05, 4.69) is 48.5 Å². The standard InChI is InChI=1S/C36H58O9/c1-18-15-20-27(31(4,5)41-8)45-36(44-20)26(18)32(6)13-14-35-17-34(35)12-11-23(43-28-25(39)24(38)19(37)16-42-28)30(2,3)21(34)9-10-22(35)33(32,7)29(36)40/h18-29,37-40H,9-17H2,1-8H3/t18-,19-,20-,21?,22+,23+,24+,25-,26-,27+,28+,29-,32-,33-,34-,35+,36+/m1/s1. The van der Waals surface area contributed by atoms with E-state index in [4.69, 9.17) is 23.7 Å². The van der Waals surface area contributed by atoms with Gasteiger partial charge in [0.15, 0.2) is 12.1 Å². The van der Waals surface area contributed by atoms with Crippen LogP contribution in [0.25, 0.3) is 0 Å². The van der Waals surface area contributed by atoms with E-state index in [0.717, 1.165) is 38.5 Å². The Kier molecular flexibility index (Phi) is 6.69. The van der Waals surface area contributed by atoms with E-state index >= 15 is 0 Å². The molecule has 17 atom stereocenters. The van der Waals surface area contributed by atoms with Crippen LogP contribution >= 0.6 is 0 Å². The summed E-state index contributed by atoms with van der Waals surface area (Å²) in [6.45, 7) is 16.0. The van der Waals surface area contributed by atoms with Gasteiger partial charge in [0, 0.05) is 18.4 Å². The molecule has 4 N–H and O–H groups in total. The van der Waals surface area contributed by atoms with Crippen LogP contribution in [0, 0.1) is 50.7 Å². The van der Waals surface area contributed by atoms with E-state index in [0.29, 0.717) is 17.8 Å². The van der Waals surface area contributed by atoms with Crippen LogP contribution in [0.2, 0.25) is 0 Å². The molecule has 256 valence electrons. The first-order valence-electron chi connectivity index (χ1n) is 17.9. The summed E-state index contributed by atoms with van der Waals surface area (Å²) in [6.07, 6.45) is 2.70. The molecule has 1 unspecified atom stereocenters. The first-order valence-corrected chi connectivity index (χ1v) is 17.9. The summed E-state index contributed by atoms with van der Waals surface area (Å²) in [5.41, 5.74) is -0.717. The Labute approximate surface area is 268 Å². The van der Waals surface area contributed by atoms with Gasteiger partial charge >= 0.3 is 0 Å². The number of rotatable bonds is 4. The molecular formula is C36H58O9. The summed E-state index contributed by atoms with van der Waals surface area (Å²) in [7, 11) is 1.74. The van der Waals surface area contributed by atoms with Crippen molar-refractivity contribution in [2.24, 2.45) is 50.7 Å². The van der Waals surface area contributed by atoms with Crippen molar-refractivity contribution in [1.29, 1.82) is 0 Å². The third-order valence-corrected chi connectivity index (χ3v) is 16.4. The van der Waals surface area contributed by atoms with Crippen molar-refractivity contribution in [3.63, 3.8) is 0 Å². The fraction of sp³-hybridized carbons (Fsp3) is 1.00. The van der Waals surface area contributed by atoms with Gasteiger partial charge in [-0.1, -0.05) is 34.6 Å². The zero-order valence-corrected chi connectivity index (χ0v) is 28.6. The lowest BCUT2D eigenvalue weighted by Crippen LogP contribution is -2.61. The second kappa shape index (κ2) is 9.45. The molecule has 0 aromatic heterocycles. The molecule has 5 saturated carbocycles. The van der Waals surface area contributed by atoms with Crippen LogP contribution in [0.3, 0.4) is 0 Å². The van der Waals surface area contributed by atoms with Crippen LogP contribution in [0.5, 0.6) is 0 Å². The van der Waals surface area contributed by atoms with Crippen molar-refractivity contribution in [3.05, 3.63) is 0 Å². The number of methoxy groups -OCH3 is 1. The Morgan fingerprint density at radius 3 is 2.24 bits per heavy atom. The highest BCUT2D eigenvalue weighted by Gasteiger charge is 2.88. The van der Waals surface area contributed by atoms with Crippen molar-refractivity contribution in [1.82, 2.24) is 0 Å². The van der Waals surface area contributed by atoms with Crippen LogP contribution < -0.4 is 0 Å². The van der Waals surface area contributed by atoms with Crippen LogP contribution in [-0.2, 0) is 23.7 Å². The van der Waals surface area contributed by atoms with Crippen molar-refractivity contribution < 1.29 is 44.1 Å². The minimum Gasteiger partial charge on any atom is -0.388 e. The molecule has 0 radical (unpaired) electrons. The summed E-state index contributed by atoms with van der Waals surface area (Å²) in [6, 6.07) is 0. The molecule has 5 aliphatic carbocycles. The van der Waals surface area contributed by atoms with Crippen LogP contribution in [0.15, 0.2) is 0 Å². The van der Waals surface area contributed by atoms with Crippen molar-refractivity contribution >= 4 is 0 Å². The highest BCUT2D eigenvalue weighted by molar-refractivity contribution is 5.34. The fourth-order valence-corrected chi connectivity index (χ4v) is 14.1. The molecule has 0 aromatic carbocycles. The third kappa shape index (κ3) is 3.57. The van der Waals surface area contributed by atoms with E-state index < -0.39 is 42.1 Å². The Hall–Kier alpha value is -0.360. The molecule has 3 heterocycles. The highest BCUT2D eigenvalue weighted by atomic mass is 16.8. The molecule has 8 aliphatic rings. The van der Waals surface area contributed by atoms with Gasteiger partial charge < -0.3 is 44.1 Å². The summed E-state index contributed by atoms with van der Waals surface area (Å²) < 4.78 is 32.1. The normalized spacial score (nSPS) is 61.1.